The van der Waals surface area contributed by atoms with Crippen LogP contribution in [0, 0.1) is 5.92 Å². The number of carbonyl (C=O) groups excluding carboxylic acids is 2. The zero-order chi connectivity index (χ0) is 49.6. The average molecular weight is 959 g/mol. The largest absolute Gasteiger partial charge is 0.497 e. The summed E-state index contributed by atoms with van der Waals surface area (Å²) >= 11 is 0. The van der Waals surface area contributed by atoms with E-state index in [2.05, 4.69) is 116 Å². The van der Waals surface area contributed by atoms with Crippen molar-refractivity contribution in [1.82, 2.24) is 4.90 Å². The minimum Gasteiger partial charge on any atom is -0.497 e. The molecule has 2 fully saturated rings. The molecule has 9 heteroatoms. The lowest BCUT2D eigenvalue weighted by molar-refractivity contribution is -0.0546. The van der Waals surface area contributed by atoms with Crippen molar-refractivity contribution in [2.45, 2.75) is 76.4 Å². The van der Waals surface area contributed by atoms with Gasteiger partial charge < -0.3 is 28.6 Å². The fourth-order valence-corrected chi connectivity index (χ4v) is 12.1. The van der Waals surface area contributed by atoms with Crippen LogP contribution in [0.1, 0.15) is 114 Å². The maximum absolute atomic E-state index is 14.4. The minimum atomic E-state index is -0.933. The van der Waals surface area contributed by atoms with E-state index in [1.54, 1.807) is 38.5 Å². The van der Waals surface area contributed by atoms with Gasteiger partial charge in [-0.1, -0.05) is 100 Å². The van der Waals surface area contributed by atoms with Gasteiger partial charge >= 0.3 is 11.9 Å². The molecule has 1 saturated carbocycles. The Hall–Kier alpha value is -7.36. The first kappa shape index (κ1) is 47.0. The summed E-state index contributed by atoms with van der Waals surface area (Å²) in [6.07, 6.45) is 12.1. The van der Waals surface area contributed by atoms with Crippen LogP contribution in [-0.2, 0) is 11.1 Å². The highest BCUT2D eigenvalue weighted by Crippen LogP contribution is 2.58. The van der Waals surface area contributed by atoms with Crippen molar-refractivity contribution in [3.63, 3.8) is 0 Å². The Morgan fingerprint density at radius 1 is 0.681 bits per heavy atom. The maximum atomic E-state index is 14.4. The summed E-state index contributed by atoms with van der Waals surface area (Å²) in [5.74, 6) is 3.03. The highest BCUT2D eigenvalue weighted by atomic mass is 16.5. The van der Waals surface area contributed by atoms with Crippen LogP contribution >= 0.6 is 0 Å². The molecule has 1 atom stereocenters. The molecule has 1 saturated heterocycles. The second kappa shape index (κ2) is 19.3. The first-order valence-electron chi connectivity index (χ1n) is 25.6. The van der Waals surface area contributed by atoms with Crippen LogP contribution in [0.15, 0.2) is 146 Å². The van der Waals surface area contributed by atoms with E-state index in [4.69, 9.17) is 23.7 Å². The van der Waals surface area contributed by atoms with Crippen molar-refractivity contribution in [1.29, 1.82) is 0 Å². The van der Waals surface area contributed by atoms with Gasteiger partial charge in [0, 0.05) is 53.8 Å². The van der Waals surface area contributed by atoms with Crippen LogP contribution in [0.25, 0.3) is 28.0 Å². The van der Waals surface area contributed by atoms with Crippen molar-refractivity contribution >= 4 is 34.5 Å². The van der Waals surface area contributed by atoms with Gasteiger partial charge in [0.15, 0.2) is 0 Å². The number of hydrogen-bond acceptors (Lipinski definition) is 9. The summed E-state index contributed by atoms with van der Waals surface area (Å²) in [4.78, 5) is 32.6. The van der Waals surface area contributed by atoms with Crippen molar-refractivity contribution in [2.75, 3.05) is 45.3 Å². The number of benzene rings is 7. The van der Waals surface area contributed by atoms with Gasteiger partial charge in [0.2, 0.25) is 5.72 Å². The lowest BCUT2D eigenvalue weighted by Crippen LogP contribution is -2.58. The zero-order valence-corrected chi connectivity index (χ0v) is 41.9. The Morgan fingerprint density at radius 2 is 1.33 bits per heavy atom. The van der Waals surface area contributed by atoms with Crippen LogP contribution in [-0.4, -0.2) is 57.2 Å². The normalized spacial score (nSPS) is 19.9. The van der Waals surface area contributed by atoms with Crippen LogP contribution in [0.3, 0.4) is 0 Å². The molecule has 4 aliphatic rings. The number of ether oxygens (including phenoxy) is 5. The number of rotatable bonds is 12. The van der Waals surface area contributed by atoms with Crippen molar-refractivity contribution in [2.24, 2.45) is 5.92 Å². The Morgan fingerprint density at radius 3 is 2.01 bits per heavy atom. The fraction of sp³-hybridized carbons (Fsp3) is 0.302. The van der Waals surface area contributed by atoms with Crippen LogP contribution in [0.4, 0.5) is 5.69 Å². The standard InChI is InChI=1S/C63H62N2O7/c1-6-12-41-17-19-42(20-18-41)43-21-27-48(28-22-43)70-60(66)44-23-29-49(30-24-44)71-61(67)54-39-52-53(40-56(54)69-5)59-51(58-57(52)50-15-10-11-16-55(50)62(58,2)3)33-34-63(72-59,45-13-8-7-9-14-45)65-37-35-64(36-38-65)46-25-31-47(68-4)32-26-46/h7-11,13-16,21-34,39-42H,6,12,17-20,35-38H2,1-5H3/t41-,42-,63?. The first-order valence-corrected chi connectivity index (χ1v) is 25.6. The molecule has 2 aliphatic carbocycles. The van der Waals surface area contributed by atoms with E-state index in [-0.39, 0.29) is 11.3 Å². The number of piperazine rings is 1. The quantitative estimate of drug-likeness (QED) is 0.0878. The van der Waals surface area contributed by atoms with Crippen LogP contribution in [0.2, 0.25) is 0 Å². The number of carbonyl (C=O) groups is 2. The van der Waals surface area contributed by atoms with Gasteiger partial charge in [-0.2, -0.15) is 0 Å². The molecule has 7 aromatic rings. The monoisotopic (exact) mass is 958 g/mol. The average Bonchev–Trinajstić information content (AvgIpc) is 3.67. The van der Waals surface area contributed by atoms with E-state index in [1.165, 1.54) is 49.7 Å². The molecule has 11 rings (SSSR count). The smallest absolute Gasteiger partial charge is 0.347 e. The highest BCUT2D eigenvalue weighted by molar-refractivity contribution is 6.11. The molecule has 72 heavy (non-hydrogen) atoms. The summed E-state index contributed by atoms with van der Waals surface area (Å²) in [6, 6.07) is 45.5. The number of hydrogen-bond donors (Lipinski definition) is 0. The first-order chi connectivity index (χ1) is 35.1. The number of fused-ring (bicyclic) bond motifs is 8. The molecule has 2 aliphatic heterocycles. The van der Waals surface area contributed by atoms with Gasteiger partial charge in [0.1, 0.15) is 34.3 Å². The van der Waals surface area contributed by atoms with E-state index in [0.29, 0.717) is 23.0 Å². The molecule has 9 nitrogen and oxygen atoms in total. The van der Waals surface area contributed by atoms with Gasteiger partial charge in [-0.15, -0.1) is 0 Å². The molecular formula is C63H62N2O7. The molecule has 0 radical (unpaired) electrons. The van der Waals surface area contributed by atoms with Crippen LogP contribution in [0.5, 0.6) is 28.7 Å². The van der Waals surface area contributed by atoms with Gasteiger partial charge in [-0.25, -0.2) is 9.59 Å². The SMILES string of the molecule is CCC[C@H]1CC[C@H](c2ccc(OC(=O)c3ccc(OC(=O)c4cc5c6c(c7c(c5cc4OC)OC(c4ccccc4)(N4CCN(c5ccc(OC)cc5)CC4)C=C7)C(C)(C)c4ccccc4-6)cc3)cc2)CC1. The van der Waals surface area contributed by atoms with E-state index in [9.17, 15) is 9.59 Å². The van der Waals surface area contributed by atoms with E-state index in [1.807, 2.05) is 42.5 Å². The molecule has 0 spiro atoms. The number of anilines is 1. The summed E-state index contributed by atoms with van der Waals surface area (Å²) in [7, 11) is 3.26. The Bertz CT molecular complexity index is 3170. The molecule has 0 bridgehead atoms. The number of esters is 2. The lowest BCUT2D eigenvalue weighted by atomic mass is 9.77. The van der Waals surface area contributed by atoms with Gasteiger partial charge in [0.05, 0.1) is 19.8 Å². The fourth-order valence-electron chi connectivity index (χ4n) is 12.1. The summed E-state index contributed by atoms with van der Waals surface area (Å²) in [5.41, 5.74) is 8.29. The third-order valence-electron chi connectivity index (χ3n) is 15.8. The van der Waals surface area contributed by atoms with Crippen molar-refractivity contribution in [3.8, 4) is 39.9 Å². The van der Waals surface area contributed by atoms with Gasteiger partial charge in [0.25, 0.3) is 0 Å². The molecule has 0 amide bonds. The Balaban J connectivity index is 0.893. The van der Waals surface area contributed by atoms with E-state index in [0.717, 1.165) is 87.9 Å². The molecule has 1 unspecified atom stereocenters. The second-order valence-corrected chi connectivity index (χ2v) is 20.3. The third kappa shape index (κ3) is 8.47. The summed E-state index contributed by atoms with van der Waals surface area (Å²) in [5, 5.41) is 1.69. The Labute approximate surface area is 422 Å². The molecule has 2 heterocycles. The lowest BCUT2D eigenvalue weighted by Gasteiger charge is -2.48. The van der Waals surface area contributed by atoms with Crippen LogP contribution < -0.4 is 28.6 Å². The molecule has 0 N–H and O–H groups in total. The second-order valence-electron chi connectivity index (χ2n) is 20.3. The minimum absolute atomic E-state index is 0.269. The molecular weight excluding hydrogens is 897 g/mol. The van der Waals surface area contributed by atoms with Crippen molar-refractivity contribution in [3.05, 3.63) is 185 Å². The maximum Gasteiger partial charge on any atom is 0.347 e. The highest BCUT2D eigenvalue weighted by Gasteiger charge is 2.47. The number of methoxy groups -OCH3 is 2. The predicted molar refractivity (Wildman–Crippen MR) is 285 cm³/mol. The molecule has 7 aromatic carbocycles. The van der Waals surface area contributed by atoms with E-state index < -0.39 is 23.1 Å². The predicted octanol–water partition coefficient (Wildman–Crippen LogP) is 13.8. The molecule has 0 aromatic heterocycles. The summed E-state index contributed by atoms with van der Waals surface area (Å²) < 4.78 is 31.0. The number of nitrogens with zero attached hydrogens (tertiary/aromatic N) is 2. The van der Waals surface area contributed by atoms with Gasteiger partial charge in [-0.05, 0) is 156 Å². The van der Waals surface area contributed by atoms with Gasteiger partial charge in [-0.3, -0.25) is 4.90 Å². The topological polar surface area (TPSA) is 86.8 Å². The van der Waals surface area contributed by atoms with E-state index >= 15 is 0 Å². The Kier molecular flexibility index (Phi) is 12.6. The zero-order valence-electron chi connectivity index (χ0n) is 41.9. The third-order valence-corrected chi connectivity index (χ3v) is 15.8. The summed E-state index contributed by atoms with van der Waals surface area (Å²) in [6.45, 7) is 9.90. The molecule has 366 valence electrons. The van der Waals surface area contributed by atoms with Crippen molar-refractivity contribution < 1.29 is 33.3 Å².